The first kappa shape index (κ1) is 19.5. The van der Waals surface area contributed by atoms with E-state index in [1.807, 2.05) is 12.2 Å². The maximum absolute atomic E-state index is 11.0. The van der Waals surface area contributed by atoms with Gasteiger partial charge in [-0.3, -0.25) is 4.90 Å². The van der Waals surface area contributed by atoms with E-state index in [9.17, 15) is 4.79 Å². The van der Waals surface area contributed by atoms with E-state index in [2.05, 4.69) is 35.2 Å². The number of ether oxygens (including phenoxy) is 1. The first-order valence-corrected chi connectivity index (χ1v) is 9.23. The van der Waals surface area contributed by atoms with Gasteiger partial charge in [-0.2, -0.15) is 5.26 Å². The molecule has 1 amide bonds. The lowest BCUT2D eigenvalue weighted by Gasteiger charge is -2.33. The zero-order chi connectivity index (χ0) is 19.8. The summed E-state index contributed by atoms with van der Waals surface area (Å²) in [6.07, 6.45) is 3.14. The molecule has 0 unspecified atom stereocenters. The second kappa shape index (κ2) is 9.58. The second-order valence-corrected chi connectivity index (χ2v) is 6.64. The van der Waals surface area contributed by atoms with Crippen molar-refractivity contribution in [1.29, 1.82) is 5.26 Å². The molecule has 6 nitrogen and oxygen atoms in total. The highest BCUT2D eigenvalue weighted by atomic mass is 16.5. The number of rotatable bonds is 6. The fourth-order valence-corrected chi connectivity index (χ4v) is 3.04. The Morgan fingerprint density at radius 2 is 1.75 bits per heavy atom. The Kier molecular flexibility index (Phi) is 6.66. The van der Waals surface area contributed by atoms with Gasteiger partial charge in [0.2, 0.25) is 0 Å². The summed E-state index contributed by atoms with van der Waals surface area (Å²) in [6, 6.07) is 17.5. The van der Waals surface area contributed by atoms with E-state index in [0.29, 0.717) is 25.3 Å². The highest BCUT2D eigenvalue weighted by Gasteiger charge is 2.20. The molecule has 0 spiro atoms. The van der Waals surface area contributed by atoms with Gasteiger partial charge in [-0.15, -0.1) is 0 Å². The number of nitriles is 1. The third-order valence-electron chi connectivity index (χ3n) is 4.67. The van der Waals surface area contributed by atoms with E-state index in [1.54, 1.807) is 24.3 Å². The predicted octanol–water partition coefficient (Wildman–Crippen LogP) is 3.45. The van der Waals surface area contributed by atoms with Crippen molar-refractivity contribution < 1.29 is 14.6 Å². The lowest BCUT2D eigenvalue weighted by atomic mass is 10.1. The van der Waals surface area contributed by atoms with Crippen molar-refractivity contribution in [3.63, 3.8) is 0 Å². The monoisotopic (exact) mass is 377 g/mol. The Balaban J connectivity index is 1.43. The minimum Gasteiger partial charge on any atom is -0.490 e. The molecule has 1 fully saturated rings. The first-order chi connectivity index (χ1) is 13.6. The number of piperazine rings is 1. The van der Waals surface area contributed by atoms with Crippen LogP contribution in [0.5, 0.6) is 5.75 Å². The molecule has 0 aliphatic carbocycles. The van der Waals surface area contributed by atoms with Crippen LogP contribution in [0.3, 0.4) is 0 Å². The molecular weight excluding hydrogens is 354 g/mol. The fourth-order valence-electron chi connectivity index (χ4n) is 3.04. The maximum atomic E-state index is 11.0. The molecule has 1 N–H and O–H groups in total. The average Bonchev–Trinajstić information content (AvgIpc) is 2.73. The maximum Gasteiger partial charge on any atom is 0.407 e. The molecule has 1 heterocycles. The molecular formula is C22H23N3O3. The molecule has 28 heavy (non-hydrogen) atoms. The summed E-state index contributed by atoms with van der Waals surface area (Å²) in [6.45, 7) is 3.95. The van der Waals surface area contributed by atoms with Crippen molar-refractivity contribution in [3.05, 3.63) is 71.3 Å². The molecule has 3 rings (SSSR count). The Hall–Kier alpha value is -3.30. The summed E-state index contributed by atoms with van der Waals surface area (Å²) in [5, 5.41) is 17.8. The Labute approximate surface area is 164 Å². The van der Waals surface area contributed by atoms with E-state index in [-0.39, 0.29) is 0 Å². The third kappa shape index (κ3) is 5.60. The largest absolute Gasteiger partial charge is 0.490 e. The van der Waals surface area contributed by atoms with Gasteiger partial charge in [-0.1, -0.05) is 30.3 Å². The minimum atomic E-state index is -0.834. The quantitative estimate of drug-likeness (QED) is 0.834. The third-order valence-corrected chi connectivity index (χ3v) is 4.67. The van der Waals surface area contributed by atoms with Crippen molar-refractivity contribution >= 4 is 12.2 Å². The summed E-state index contributed by atoms with van der Waals surface area (Å²) in [5.41, 5.74) is 2.93. The van der Waals surface area contributed by atoms with Crippen molar-refractivity contribution in [2.24, 2.45) is 0 Å². The molecule has 1 aliphatic heterocycles. The van der Waals surface area contributed by atoms with Gasteiger partial charge in [0.25, 0.3) is 0 Å². The second-order valence-electron chi connectivity index (χ2n) is 6.64. The Morgan fingerprint density at radius 3 is 2.36 bits per heavy atom. The van der Waals surface area contributed by atoms with Crippen molar-refractivity contribution in [2.75, 3.05) is 32.8 Å². The summed E-state index contributed by atoms with van der Waals surface area (Å²) < 4.78 is 5.63. The summed E-state index contributed by atoms with van der Waals surface area (Å²) in [7, 11) is 0. The minimum absolute atomic E-state index is 0.460. The van der Waals surface area contributed by atoms with E-state index < -0.39 is 6.09 Å². The van der Waals surface area contributed by atoms with Gasteiger partial charge < -0.3 is 14.7 Å². The van der Waals surface area contributed by atoms with Crippen LogP contribution in [0.15, 0.2) is 54.6 Å². The number of hydrogen-bond donors (Lipinski definition) is 1. The number of hydrogen-bond acceptors (Lipinski definition) is 4. The number of carbonyl (C=O) groups is 1. The zero-order valence-corrected chi connectivity index (χ0v) is 15.6. The van der Waals surface area contributed by atoms with E-state index in [1.165, 1.54) is 10.5 Å². The van der Waals surface area contributed by atoms with Gasteiger partial charge in [-0.25, -0.2) is 4.79 Å². The molecule has 1 aliphatic rings. The number of amides is 1. The summed E-state index contributed by atoms with van der Waals surface area (Å²) in [5.74, 6) is 0.738. The molecule has 2 aromatic carbocycles. The van der Waals surface area contributed by atoms with Crippen LogP contribution in [0.25, 0.3) is 6.08 Å². The smallest absolute Gasteiger partial charge is 0.407 e. The lowest BCUT2D eigenvalue weighted by Crippen LogP contribution is -2.47. The van der Waals surface area contributed by atoms with Gasteiger partial charge in [0.15, 0.2) is 0 Å². The van der Waals surface area contributed by atoms with E-state index in [0.717, 1.165) is 30.9 Å². The summed E-state index contributed by atoms with van der Waals surface area (Å²) in [4.78, 5) is 14.7. The van der Waals surface area contributed by atoms with Crippen LogP contribution in [0, 0.1) is 11.3 Å². The Morgan fingerprint density at radius 1 is 1.07 bits per heavy atom. The Bertz CT molecular complexity index is 846. The van der Waals surface area contributed by atoms with Gasteiger partial charge >= 0.3 is 6.09 Å². The lowest BCUT2D eigenvalue weighted by molar-refractivity contribution is 0.103. The molecule has 0 atom stereocenters. The van der Waals surface area contributed by atoms with Crippen LogP contribution in [0.1, 0.15) is 16.7 Å². The van der Waals surface area contributed by atoms with Crippen molar-refractivity contribution in [1.82, 2.24) is 9.80 Å². The number of nitrogens with zero attached hydrogens (tertiary/aromatic N) is 3. The van der Waals surface area contributed by atoms with Gasteiger partial charge in [0, 0.05) is 32.7 Å². The van der Waals surface area contributed by atoms with Gasteiger partial charge in [-0.05, 0) is 41.5 Å². The highest BCUT2D eigenvalue weighted by molar-refractivity contribution is 5.65. The van der Waals surface area contributed by atoms with Crippen LogP contribution in [-0.4, -0.2) is 53.8 Å². The molecule has 0 saturated carbocycles. The normalized spacial score (nSPS) is 14.8. The fraction of sp³-hybridized carbons (Fsp3) is 0.273. The SMILES string of the molecule is N#Cc1ccc(OCC=Cc2ccc(CN3CCN(C(=O)O)CC3)cc2)cc1. The van der Waals surface area contributed by atoms with Crippen LogP contribution >= 0.6 is 0 Å². The zero-order valence-electron chi connectivity index (χ0n) is 15.6. The molecule has 0 aromatic heterocycles. The standard InChI is InChI=1S/C22H23N3O3/c23-16-19-7-9-21(10-8-19)28-15-1-2-18-3-5-20(6-4-18)17-24-11-13-25(14-12-24)22(26)27/h1-10H,11-15,17H2,(H,26,27). The van der Waals surface area contributed by atoms with Crippen molar-refractivity contribution in [3.8, 4) is 11.8 Å². The first-order valence-electron chi connectivity index (χ1n) is 9.23. The topological polar surface area (TPSA) is 76.8 Å². The predicted molar refractivity (Wildman–Crippen MR) is 107 cm³/mol. The molecule has 144 valence electrons. The van der Waals surface area contributed by atoms with Crippen LogP contribution < -0.4 is 4.74 Å². The van der Waals surface area contributed by atoms with Crippen molar-refractivity contribution in [2.45, 2.75) is 6.54 Å². The van der Waals surface area contributed by atoms with E-state index in [4.69, 9.17) is 15.1 Å². The molecule has 1 saturated heterocycles. The summed E-state index contributed by atoms with van der Waals surface area (Å²) >= 11 is 0. The van der Waals surface area contributed by atoms with Crippen LogP contribution in [0.2, 0.25) is 0 Å². The van der Waals surface area contributed by atoms with Crippen LogP contribution in [-0.2, 0) is 6.54 Å². The molecule has 6 heteroatoms. The average molecular weight is 377 g/mol. The molecule has 0 bridgehead atoms. The van der Waals surface area contributed by atoms with Gasteiger partial charge in [0.1, 0.15) is 12.4 Å². The highest BCUT2D eigenvalue weighted by Crippen LogP contribution is 2.13. The van der Waals surface area contributed by atoms with Gasteiger partial charge in [0.05, 0.1) is 11.6 Å². The van der Waals surface area contributed by atoms with E-state index >= 15 is 0 Å². The molecule has 0 radical (unpaired) electrons. The number of carboxylic acid groups (broad SMARTS) is 1. The number of benzene rings is 2. The van der Waals surface area contributed by atoms with Crippen LogP contribution in [0.4, 0.5) is 4.79 Å². The molecule has 2 aromatic rings.